The molecule has 0 aliphatic carbocycles. The Morgan fingerprint density at radius 1 is 0.889 bits per heavy atom. The summed E-state index contributed by atoms with van der Waals surface area (Å²) in [5.74, 6) is 0.906. The van der Waals surface area contributed by atoms with Gasteiger partial charge in [-0.3, -0.25) is 9.59 Å². The van der Waals surface area contributed by atoms with Crippen LogP contribution in [0.15, 0.2) is 106 Å². The summed E-state index contributed by atoms with van der Waals surface area (Å²) in [6, 6.07) is 28.6. The molecule has 0 aliphatic rings. The van der Waals surface area contributed by atoms with E-state index in [9.17, 15) is 9.59 Å². The van der Waals surface area contributed by atoms with Gasteiger partial charge >= 0.3 is 0 Å². The van der Waals surface area contributed by atoms with Crippen LogP contribution in [0, 0.1) is 6.92 Å². The minimum atomic E-state index is -0.244. The van der Waals surface area contributed by atoms with Crippen LogP contribution in [0.3, 0.4) is 0 Å². The number of nitrogens with one attached hydrogen (secondary N) is 1. The number of hydrogen-bond acceptors (Lipinski definition) is 4. The first-order chi connectivity index (χ1) is 17.4. The van der Waals surface area contributed by atoms with Gasteiger partial charge in [0, 0.05) is 27.9 Å². The zero-order chi connectivity index (χ0) is 25.1. The third-order valence-corrected chi connectivity index (χ3v) is 6.00. The van der Waals surface area contributed by atoms with Crippen LogP contribution in [-0.4, -0.2) is 5.91 Å². The average Bonchev–Trinajstić information content (AvgIpc) is 2.89. The molecule has 0 fully saturated rings. The molecule has 0 saturated heterocycles. The highest BCUT2D eigenvalue weighted by atomic mass is 35.5. The summed E-state index contributed by atoms with van der Waals surface area (Å²) in [7, 11) is 0. The Morgan fingerprint density at radius 3 is 2.33 bits per heavy atom. The fraction of sp³-hybridized carbons (Fsp3) is 0.0667. The Hall–Kier alpha value is -4.35. The minimum Gasteiger partial charge on any atom is -0.489 e. The smallest absolute Gasteiger partial charge is 0.255 e. The molecule has 1 aromatic heterocycles. The number of anilines is 1. The Balaban J connectivity index is 1.23. The highest BCUT2D eigenvalue weighted by Crippen LogP contribution is 2.24. The van der Waals surface area contributed by atoms with Crippen LogP contribution in [0.2, 0.25) is 5.02 Å². The molecular formula is C30H22ClNO4. The van der Waals surface area contributed by atoms with Crippen LogP contribution in [0.25, 0.3) is 22.3 Å². The topological polar surface area (TPSA) is 68.5 Å². The lowest BCUT2D eigenvalue weighted by Crippen LogP contribution is -2.11. The predicted octanol–water partition coefficient (Wildman–Crippen LogP) is 7.25. The molecule has 5 nitrogen and oxygen atoms in total. The van der Waals surface area contributed by atoms with Crippen molar-refractivity contribution in [2.24, 2.45) is 0 Å². The highest BCUT2D eigenvalue weighted by Gasteiger charge is 2.10. The monoisotopic (exact) mass is 495 g/mol. The molecule has 0 radical (unpaired) electrons. The maximum absolute atomic E-state index is 12.7. The van der Waals surface area contributed by atoms with Gasteiger partial charge < -0.3 is 14.5 Å². The Labute approximate surface area is 212 Å². The third kappa shape index (κ3) is 5.32. The molecule has 0 saturated carbocycles. The molecule has 5 rings (SSSR count). The summed E-state index contributed by atoms with van der Waals surface area (Å²) in [5, 5.41) is 4.12. The van der Waals surface area contributed by atoms with Crippen molar-refractivity contribution >= 4 is 34.2 Å². The van der Waals surface area contributed by atoms with Gasteiger partial charge in [-0.2, -0.15) is 0 Å². The summed E-state index contributed by atoms with van der Waals surface area (Å²) in [5.41, 5.74) is 4.30. The number of hydrogen-bond donors (Lipinski definition) is 1. The summed E-state index contributed by atoms with van der Waals surface area (Å²) in [4.78, 5) is 25.2. The van der Waals surface area contributed by atoms with Crippen molar-refractivity contribution < 1.29 is 13.9 Å². The molecule has 1 amide bonds. The maximum Gasteiger partial charge on any atom is 0.255 e. The number of ether oxygens (including phenoxy) is 1. The molecule has 0 unspecified atom stereocenters. The van der Waals surface area contributed by atoms with Crippen molar-refractivity contribution in [3.05, 3.63) is 129 Å². The van der Waals surface area contributed by atoms with E-state index >= 15 is 0 Å². The van der Waals surface area contributed by atoms with Crippen LogP contribution in [0.4, 0.5) is 5.69 Å². The summed E-state index contributed by atoms with van der Waals surface area (Å²) in [6.45, 7) is 2.36. The highest BCUT2D eigenvalue weighted by molar-refractivity contribution is 6.30. The lowest BCUT2D eigenvalue weighted by Gasteiger charge is -2.09. The fourth-order valence-electron chi connectivity index (χ4n) is 3.78. The van der Waals surface area contributed by atoms with Crippen LogP contribution < -0.4 is 15.5 Å². The molecule has 5 aromatic rings. The van der Waals surface area contributed by atoms with E-state index in [0.717, 1.165) is 11.1 Å². The van der Waals surface area contributed by atoms with Gasteiger partial charge in [0.25, 0.3) is 5.91 Å². The van der Waals surface area contributed by atoms with Gasteiger partial charge in [0.15, 0.2) is 5.43 Å². The molecule has 1 N–H and O–H groups in total. The fourth-order valence-corrected chi connectivity index (χ4v) is 3.91. The van der Waals surface area contributed by atoms with E-state index in [1.807, 2.05) is 43.3 Å². The Morgan fingerprint density at radius 2 is 1.61 bits per heavy atom. The zero-order valence-electron chi connectivity index (χ0n) is 19.5. The lowest BCUT2D eigenvalue weighted by atomic mass is 10.1. The third-order valence-electron chi connectivity index (χ3n) is 5.75. The molecular weight excluding hydrogens is 474 g/mol. The van der Waals surface area contributed by atoms with Gasteiger partial charge in [-0.15, -0.1) is 0 Å². The quantitative estimate of drug-likeness (QED) is 0.269. The number of halogens is 1. The number of carbonyl (C=O) groups is 1. The van der Waals surface area contributed by atoms with E-state index in [0.29, 0.717) is 50.9 Å². The van der Waals surface area contributed by atoms with E-state index in [1.54, 1.807) is 54.6 Å². The normalized spacial score (nSPS) is 10.8. The molecule has 4 aromatic carbocycles. The first-order valence-corrected chi connectivity index (χ1v) is 11.8. The molecule has 6 heteroatoms. The number of fused-ring (bicyclic) bond motifs is 1. The summed E-state index contributed by atoms with van der Waals surface area (Å²) >= 11 is 5.91. The van der Waals surface area contributed by atoms with Crippen molar-refractivity contribution in [3.63, 3.8) is 0 Å². The van der Waals surface area contributed by atoms with Crippen molar-refractivity contribution in [2.75, 3.05) is 5.32 Å². The van der Waals surface area contributed by atoms with Gasteiger partial charge in [-0.1, -0.05) is 47.5 Å². The molecule has 0 bridgehead atoms. The number of carbonyl (C=O) groups excluding carboxylic acids is 1. The van der Waals surface area contributed by atoms with E-state index in [1.165, 1.54) is 6.07 Å². The molecule has 1 heterocycles. The second kappa shape index (κ2) is 10.1. The molecule has 36 heavy (non-hydrogen) atoms. The second-order valence-corrected chi connectivity index (χ2v) is 8.88. The number of rotatable bonds is 6. The van der Waals surface area contributed by atoms with Gasteiger partial charge in [0.2, 0.25) is 0 Å². The summed E-state index contributed by atoms with van der Waals surface area (Å²) in [6.07, 6.45) is 0. The van der Waals surface area contributed by atoms with Crippen molar-refractivity contribution in [1.82, 2.24) is 0 Å². The van der Waals surface area contributed by atoms with Crippen molar-refractivity contribution in [2.45, 2.75) is 13.5 Å². The second-order valence-electron chi connectivity index (χ2n) is 8.45. The van der Waals surface area contributed by atoms with Crippen LogP contribution >= 0.6 is 11.6 Å². The van der Waals surface area contributed by atoms with E-state index in [2.05, 4.69) is 5.32 Å². The number of amides is 1. The van der Waals surface area contributed by atoms with Crippen molar-refractivity contribution in [3.8, 4) is 17.1 Å². The van der Waals surface area contributed by atoms with E-state index < -0.39 is 0 Å². The lowest BCUT2D eigenvalue weighted by molar-refractivity contribution is 0.102. The van der Waals surface area contributed by atoms with E-state index in [-0.39, 0.29) is 11.3 Å². The molecule has 178 valence electrons. The molecule has 0 atom stereocenters. The standard InChI is InChI=1S/C30H22ClNO4/c1-19-2-15-28-26(16-19)27(33)17-29(36-28)21-5-7-22(8-6-21)30(34)32-24-11-13-25(14-12-24)35-18-20-3-9-23(31)10-4-20/h2-17H,18H2,1H3,(H,32,34). The van der Waals surface area contributed by atoms with Gasteiger partial charge in [-0.05, 0) is 73.2 Å². The minimum absolute atomic E-state index is 0.0997. The van der Waals surface area contributed by atoms with Crippen LogP contribution in [0.1, 0.15) is 21.5 Å². The van der Waals surface area contributed by atoms with Gasteiger partial charge in [0.1, 0.15) is 23.7 Å². The first kappa shape index (κ1) is 23.4. The maximum atomic E-state index is 12.7. The van der Waals surface area contributed by atoms with Gasteiger partial charge in [0.05, 0.1) is 5.39 Å². The van der Waals surface area contributed by atoms with Gasteiger partial charge in [-0.25, -0.2) is 0 Å². The predicted molar refractivity (Wildman–Crippen MR) is 143 cm³/mol. The Kier molecular flexibility index (Phi) is 6.56. The number of aryl methyl sites for hydroxylation is 1. The van der Waals surface area contributed by atoms with Crippen molar-refractivity contribution in [1.29, 1.82) is 0 Å². The SMILES string of the molecule is Cc1ccc2oc(-c3ccc(C(=O)Nc4ccc(OCc5ccc(Cl)cc5)cc4)cc3)cc(=O)c2c1. The summed E-state index contributed by atoms with van der Waals surface area (Å²) < 4.78 is 11.7. The Bertz CT molecular complexity index is 1590. The first-order valence-electron chi connectivity index (χ1n) is 11.4. The molecule has 0 spiro atoms. The van der Waals surface area contributed by atoms with E-state index in [4.69, 9.17) is 20.8 Å². The largest absolute Gasteiger partial charge is 0.489 e. The van der Waals surface area contributed by atoms with Crippen LogP contribution in [-0.2, 0) is 6.61 Å². The van der Waals surface area contributed by atoms with Crippen LogP contribution in [0.5, 0.6) is 5.75 Å². The average molecular weight is 496 g/mol. The number of benzene rings is 4. The zero-order valence-corrected chi connectivity index (χ0v) is 20.2. The molecule has 0 aliphatic heterocycles.